The van der Waals surface area contributed by atoms with Crippen molar-refractivity contribution in [3.63, 3.8) is 0 Å². The van der Waals surface area contributed by atoms with E-state index in [0.29, 0.717) is 6.61 Å². The lowest BCUT2D eigenvalue weighted by Crippen LogP contribution is -2.27. The highest BCUT2D eigenvalue weighted by molar-refractivity contribution is 4.86. The molecule has 58 valence electrons. The first-order chi connectivity index (χ1) is 4.93. The van der Waals surface area contributed by atoms with Gasteiger partial charge >= 0.3 is 0 Å². The molecule has 0 amide bonds. The number of hydrogen-bond acceptors (Lipinski definition) is 2. The molecule has 0 unspecified atom stereocenters. The minimum atomic E-state index is 0.292. The third kappa shape index (κ3) is 2.50. The van der Waals surface area contributed by atoms with Gasteiger partial charge in [0.15, 0.2) is 0 Å². The van der Waals surface area contributed by atoms with Crippen LogP contribution in [0.2, 0.25) is 0 Å². The Kier molecular flexibility index (Phi) is 3.47. The third-order valence-electron chi connectivity index (χ3n) is 1.81. The largest absolute Gasteiger partial charge is 0.395 e. The highest BCUT2D eigenvalue weighted by Gasteiger charge is 2.03. The summed E-state index contributed by atoms with van der Waals surface area (Å²) in [4.78, 5) is 2.29. The van der Waals surface area contributed by atoms with E-state index in [0.717, 1.165) is 32.5 Å². The van der Waals surface area contributed by atoms with E-state index in [1.54, 1.807) is 0 Å². The van der Waals surface area contributed by atoms with Crippen molar-refractivity contribution in [2.75, 3.05) is 26.2 Å². The normalized spacial score (nSPS) is 20.9. The van der Waals surface area contributed by atoms with Gasteiger partial charge in [-0.25, -0.2) is 0 Å². The van der Waals surface area contributed by atoms with Gasteiger partial charge in [-0.1, -0.05) is 12.2 Å². The Morgan fingerprint density at radius 2 is 1.80 bits per heavy atom. The highest BCUT2D eigenvalue weighted by Crippen LogP contribution is 2.00. The Hall–Kier alpha value is -0.340. The Morgan fingerprint density at radius 3 is 2.30 bits per heavy atom. The molecule has 0 saturated carbocycles. The molecule has 0 aromatic rings. The molecule has 1 rings (SSSR count). The number of aliphatic hydroxyl groups is 1. The molecule has 0 aliphatic carbocycles. The zero-order chi connectivity index (χ0) is 7.23. The average molecular weight is 141 g/mol. The molecule has 0 radical (unpaired) electrons. The van der Waals surface area contributed by atoms with Crippen LogP contribution in [-0.2, 0) is 0 Å². The monoisotopic (exact) mass is 141 g/mol. The fraction of sp³-hybridized carbons (Fsp3) is 0.750. The third-order valence-corrected chi connectivity index (χ3v) is 1.81. The first kappa shape index (κ1) is 7.76. The van der Waals surface area contributed by atoms with Crippen LogP contribution in [0.3, 0.4) is 0 Å². The first-order valence-electron chi connectivity index (χ1n) is 3.91. The summed E-state index contributed by atoms with van der Waals surface area (Å²) >= 11 is 0. The Morgan fingerprint density at radius 1 is 1.20 bits per heavy atom. The van der Waals surface area contributed by atoms with Crippen molar-refractivity contribution in [2.24, 2.45) is 0 Å². The van der Waals surface area contributed by atoms with Crippen LogP contribution in [0.1, 0.15) is 12.8 Å². The number of nitrogens with zero attached hydrogens (tertiary/aromatic N) is 1. The van der Waals surface area contributed by atoms with Gasteiger partial charge < -0.3 is 10.0 Å². The van der Waals surface area contributed by atoms with Gasteiger partial charge in [0.25, 0.3) is 0 Å². The molecule has 2 heteroatoms. The van der Waals surface area contributed by atoms with Gasteiger partial charge in [0, 0.05) is 19.6 Å². The van der Waals surface area contributed by atoms with E-state index < -0.39 is 0 Å². The molecule has 1 aliphatic heterocycles. The Bertz CT molecular complexity index is 102. The topological polar surface area (TPSA) is 23.5 Å². The summed E-state index contributed by atoms with van der Waals surface area (Å²) in [6, 6.07) is 0. The van der Waals surface area contributed by atoms with E-state index in [1.165, 1.54) is 0 Å². The van der Waals surface area contributed by atoms with E-state index in [-0.39, 0.29) is 0 Å². The number of rotatable bonds is 2. The maximum atomic E-state index is 8.65. The number of hydrogen-bond donors (Lipinski definition) is 1. The molecule has 0 aromatic heterocycles. The summed E-state index contributed by atoms with van der Waals surface area (Å²) in [6.45, 7) is 3.34. The van der Waals surface area contributed by atoms with Crippen LogP contribution in [0.25, 0.3) is 0 Å². The van der Waals surface area contributed by atoms with Gasteiger partial charge in [-0.2, -0.15) is 0 Å². The smallest absolute Gasteiger partial charge is 0.0558 e. The van der Waals surface area contributed by atoms with Crippen LogP contribution in [0.5, 0.6) is 0 Å². The van der Waals surface area contributed by atoms with Gasteiger partial charge in [0.1, 0.15) is 0 Å². The quantitative estimate of drug-likeness (QED) is 0.570. The molecule has 0 aromatic carbocycles. The predicted octanol–water partition coefficient (Wildman–Crippen LogP) is 0.631. The van der Waals surface area contributed by atoms with Crippen molar-refractivity contribution in [3.05, 3.63) is 12.2 Å². The zero-order valence-corrected chi connectivity index (χ0v) is 6.29. The van der Waals surface area contributed by atoms with E-state index in [4.69, 9.17) is 5.11 Å². The van der Waals surface area contributed by atoms with Crippen LogP contribution < -0.4 is 0 Å². The molecule has 0 saturated heterocycles. The van der Waals surface area contributed by atoms with Crippen LogP contribution in [0.15, 0.2) is 12.2 Å². The standard InChI is InChI=1S/C8H15NO/c10-8-7-9-5-3-1-2-4-6-9/h1-2,10H,3-8H2. The summed E-state index contributed by atoms with van der Waals surface area (Å²) in [7, 11) is 0. The summed E-state index contributed by atoms with van der Waals surface area (Å²) in [5.74, 6) is 0. The van der Waals surface area contributed by atoms with Gasteiger partial charge in [-0.15, -0.1) is 0 Å². The fourth-order valence-corrected chi connectivity index (χ4v) is 1.23. The van der Waals surface area contributed by atoms with E-state index >= 15 is 0 Å². The second-order valence-electron chi connectivity index (χ2n) is 2.61. The molecule has 2 nitrogen and oxygen atoms in total. The molecular formula is C8H15NO. The molecule has 0 spiro atoms. The summed E-state index contributed by atoms with van der Waals surface area (Å²) in [5, 5.41) is 8.65. The molecule has 1 N–H and O–H groups in total. The van der Waals surface area contributed by atoms with Crippen molar-refractivity contribution < 1.29 is 5.11 Å². The highest BCUT2D eigenvalue weighted by atomic mass is 16.3. The maximum absolute atomic E-state index is 8.65. The lowest BCUT2D eigenvalue weighted by molar-refractivity contribution is 0.202. The summed E-state index contributed by atoms with van der Waals surface area (Å²) in [5.41, 5.74) is 0. The SMILES string of the molecule is OCCN1CCC=CCC1. The minimum Gasteiger partial charge on any atom is -0.395 e. The Labute approximate surface area is 62.2 Å². The molecule has 1 aliphatic rings. The van der Waals surface area contributed by atoms with Gasteiger partial charge in [0.2, 0.25) is 0 Å². The van der Waals surface area contributed by atoms with Crippen molar-refractivity contribution in [2.45, 2.75) is 12.8 Å². The van der Waals surface area contributed by atoms with Crippen LogP contribution in [0.4, 0.5) is 0 Å². The molecule has 10 heavy (non-hydrogen) atoms. The molecular weight excluding hydrogens is 126 g/mol. The fourth-order valence-electron chi connectivity index (χ4n) is 1.23. The summed E-state index contributed by atoms with van der Waals surface area (Å²) in [6.07, 6.45) is 6.72. The van der Waals surface area contributed by atoms with Crippen molar-refractivity contribution in [3.8, 4) is 0 Å². The molecule has 0 bridgehead atoms. The minimum absolute atomic E-state index is 0.292. The molecule has 0 fully saturated rings. The maximum Gasteiger partial charge on any atom is 0.0558 e. The average Bonchev–Trinajstić information content (AvgIpc) is 2.17. The van der Waals surface area contributed by atoms with Gasteiger partial charge in [0.05, 0.1) is 6.61 Å². The Balaban J connectivity index is 2.20. The second kappa shape index (κ2) is 4.47. The van der Waals surface area contributed by atoms with Crippen molar-refractivity contribution in [1.29, 1.82) is 0 Å². The van der Waals surface area contributed by atoms with Gasteiger partial charge in [-0.3, -0.25) is 0 Å². The van der Waals surface area contributed by atoms with E-state index in [9.17, 15) is 0 Å². The van der Waals surface area contributed by atoms with Crippen LogP contribution >= 0.6 is 0 Å². The second-order valence-corrected chi connectivity index (χ2v) is 2.61. The van der Waals surface area contributed by atoms with E-state index in [2.05, 4.69) is 17.1 Å². The molecule has 0 atom stereocenters. The van der Waals surface area contributed by atoms with Crippen LogP contribution in [0, 0.1) is 0 Å². The number of aliphatic hydroxyl groups excluding tert-OH is 1. The molecule has 1 heterocycles. The van der Waals surface area contributed by atoms with Gasteiger partial charge in [-0.05, 0) is 12.8 Å². The van der Waals surface area contributed by atoms with Crippen molar-refractivity contribution in [1.82, 2.24) is 4.90 Å². The van der Waals surface area contributed by atoms with Crippen molar-refractivity contribution >= 4 is 0 Å². The zero-order valence-electron chi connectivity index (χ0n) is 6.29. The predicted molar refractivity (Wildman–Crippen MR) is 41.9 cm³/mol. The van der Waals surface area contributed by atoms with E-state index in [1.807, 2.05) is 0 Å². The van der Waals surface area contributed by atoms with Crippen LogP contribution in [-0.4, -0.2) is 36.2 Å². The number of β-amino-alcohol motifs (C(OH)–C–C–N with tert-alkyl or cyclic N) is 1. The summed E-state index contributed by atoms with van der Waals surface area (Å²) < 4.78 is 0. The lowest BCUT2D eigenvalue weighted by Gasteiger charge is -2.17. The lowest BCUT2D eigenvalue weighted by atomic mass is 10.4. The first-order valence-corrected chi connectivity index (χ1v) is 3.91.